The van der Waals surface area contributed by atoms with Gasteiger partial charge in [-0.25, -0.2) is 9.82 Å². The van der Waals surface area contributed by atoms with Gasteiger partial charge >= 0.3 is 0 Å². The van der Waals surface area contributed by atoms with Crippen LogP contribution in [-0.4, -0.2) is 17.1 Å². The van der Waals surface area contributed by atoms with Gasteiger partial charge < -0.3 is 4.98 Å². The van der Waals surface area contributed by atoms with Gasteiger partial charge in [-0.2, -0.15) is 5.10 Å². The lowest BCUT2D eigenvalue weighted by atomic mass is 10.0. The Kier molecular flexibility index (Phi) is 5.04. The van der Waals surface area contributed by atoms with E-state index in [9.17, 15) is 9.18 Å². The molecule has 0 bridgehead atoms. The van der Waals surface area contributed by atoms with Gasteiger partial charge in [-0.3, -0.25) is 4.79 Å². The van der Waals surface area contributed by atoms with E-state index in [0.717, 1.165) is 26.5 Å². The number of hydrogen-bond acceptors (Lipinski definition) is 2. The number of nitrogens with zero attached hydrogens (tertiary/aromatic N) is 1. The maximum atomic E-state index is 13.3. The summed E-state index contributed by atoms with van der Waals surface area (Å²) in [4.78, 5) is 15.9. The quantitative estimate of drug-likeness (QED) is 0.322. The van der Waals surface area contributed by atoms with Crippen LogP contribution < -0.4 is 5.43 Å². The van der Waals surface area contributed by atoms with Crippen molar-refractivity contribution >= 4 is 39.0 Å². The van der Waals surface area contributed by atoms with E-state index in [4.69, 9.17) is 0 Å². The topological polar surface area (TPSA) is 57.2 Å². The summed E-state index contributed by atoms with van der Waals surface area (Å²) in [7, 11) is 0. The Morgan fingerprint density at radius 1 is 1.00 bits per heavy atom. The van der Waals surface area contributed by atoms with Gasteiger partial charge in [-0.15, -0.1) is 0 Å². The van der Waals surface area contributed by atoms with Crippen molar-refractivity contribution in [3.8, 4) is 11.1 Å². The fourth-order valence-electron chi connectivity index (χ4n) is 3.00. The Balaban J connectivity index is 1.67. The summed E-state index contributed by atoms with van der Waals surface area (Å²) >= 11 is 3.38. The molecule has 138 valence electrons. The zero-order valence-electron chi connectivity index (χ0n) is 14.6. The molecule has 0 aliphatic heterocycles. The lowest BCUT2D eigenvalue weighted by Crippen LogP contribution is -2.18. The smallest absolute Gasteiger partial charge is 0.288 e. The maximum Gasteiger partial charge on any atom is 0.288 e. The molecule has 3 aromatic carbocycles. The van der Waals surface area contributed by atoms with Gasteiger partial charge in [-0.05, 0) is 41.5 Å². The van der Waals surface area contributed by atoms with Crippen LogP contribution in [0.4, 0.5) is 4.39 Å². The number of benzene rings is 3. The Labute approximate surface area is 169 Å². The molecule has 0 saturated heterocycles. The number of carbonyl (C=O) groups excluding carboxylic acids is 1. The molecule has 2 N–H and O–H groups in total. The molecule has 4 rings (SSSR count). The second kappa shape index (κ2) is 7.78. The van der Waals surface area contributed by atoms with Crippen LogP contribution in [0.25, 0.3) is 22.0 Å². The van der Waals surface area contributed by atoms with Crippen molar-refractivity contribution in [2.24, 2.45) is 5.10 Å². The van der Waals surface area contributed by atoms with E-state index in [1.807, 2.05) is 48.5 Å². The summed E-state index contributed by atoms with van der Waals surface area (Å²) in [5, 5.41) is 4.93. The first-order chi connectivity index (χ1) is 13.6. The first kappa shape index (κ1) is 18.1. The number of nitrogens with one attached hydrogen (secondary N) is 2. The fourth-order valence-corrected chi connectivity index (χ4v) is 3.26. The van der Waals surface area contributed by atoms with Crippen molar-refractivity contribution in [1.29, 1.82) is 0 Å². The number of carbonyl (C=O) groups is 1. The van der Waals surface area contributed by atoms with Crippen LogP contribution in [0.2, 0.25) is 0 Å². The molecule has 0 spiro atoms. The van der Waals surface area contributed by atoms with E-state index in [1.54, 1.807) is 18.3 Å². The van der Waals surface area contributed by atoms with Crippen LogP contribution in [0, 0.1) is 5.82 Å². The van der Waals surface area contributed by atoms with Crippen LogP contribution in [0.15, 0.2) is 82.4 Å². The van der Waals surface area contributed by atoms with Gasteiger partial charge in [0.15, 0.2) is 0 Å². The minimum Gasteiger partial charge on any atom is -0.350 e. The van der Waals surface area contributed by atoms with Crippen LogP contribution in [0.1, 0.15) is 16.1 Å². The summed E-state index contributed by atoms with van der Waals surface area (Å²) in [6.45, 7) is 0. The first-order valence-electron chi connectivity index (χ1n) is 8.57. The monoisotopic (exact) mass is 435 g/mol. The van der Waals surface area contributed by atoms with Crippen LogP contribution in [0.3, 0.4) is 0 Å². The van der Waals surface area contributed by atoms with Crippen molar-refractivity contribution in [3.05, 3.63) is 94.3 Å². The van der Waals surface area contributed by atoms with Gasteiger partial charge in [0, 0.05) is 20.9 Å². The molecular weight excluding hydrogens is 421 g/mol. The van der Waals surface area contributed by atoms with Gasteiger partial charge in [0.25, 0.3) is 5.91 Å². The van der Waals surface area contributed by atoms with Crippen molar-refractivity contribution in [3.63, 3.8) is 0 Å². The minimum atomic E-state index is -0.371. The minimum absolute atomic E-state index is 0.325. The molecule has 0 atom stereocenters. The average molecular weight is 436 g/mol. The highest BCUT2D eigenvalue weighted by atomic mass is 79.9. The number of aromatic nitrogens is 1. The number of fused-ring (bicyclic) bond motifs is 1. The van der Waals surface area contributed by atoms with Crippen molar-refractivity contribution in [2.45, 2.75) is 0 Å². The first-order valence-corrected chi connectivity index (χ1v) is 9.37. The SMILES string of the molecule is O=C(N/N=C\c1ccc(Br)cc1)c1[nH]c2ccccc2c1-c1ccc(F)cc1. The van der Waals surface area contributed by atoms with Crippen LogP contribution in [0.5, 0.6) is 0 Å². The van der Waals surface area contributed by atoms with Crippen LogP contribution in [-0.2, 0) is 0 Å². The highest BCUT2D eigenvalue weighted by Crippen LogP contribution is 2.32. The number of H-pyrrole nitrogens is 1. The van der Waals surface area contributed by atoms with E-state index in [-0.39, 0.29) is 11.7 Å². The fraction of sp³-hybridized carbons (Fsp3) is 0. The normalized spacial score (nSPS) is 11.2. The molecule has 1 aromatic heterocycles. The van der Waals surface area contributed by atoms with Gasteiger partial charge in [0.2, 0.25) is 0 Å². The zero-order valence-corrected chi connectivity index (χ0v) is 16.2. The molecule has 0 saturated carbocycles. The molecule has 1 amide bonds. The molecule has 28 heavy (non-hydrogen) atoms. The second-order valence-electron chi connectivity index (χ2n) is 6.18. The van der Waals surface area contributed by atoms with Crippen LogP contribution >= 0.6 is 15.9 Å². The summed E-state index contributed by atoms with van der Waals surface area (Å²) in [6, 6.07) is 21.2. The number of aromatic amines is 1. The lowest BCUT2D eigenvalue weighted by molar-refractivity contribution is 0.0951. The molecular formula is C22H15BrFN3O. The number of halogens is 2. The third-order valence-electron chi connectivity index (χ3n) is 4.32. The highest BCUT2D eigenvalue weighted by Gasteiger charge is 2.18. The van der Waals surface area contributed by atoms with Crippen molar-refractivity contribution in [1.82, 2.24) is 10.4 Å². The number of para-hydroxylation sites is 1. The standard InChI is InChI=1S/C22H15BrFN3O/c23-16-9-5-14(6-10-16)13-25-27-22(28)21-20(15-7-11-17(24)12-8-15)18-3-1-2-4-19(18)26-21/h1-13,26H,(H,27,28)/b25-13-. The zero-order chi connectivity index (χ0) is 19.5. The van der Waals surface area contributed by atoms with Crippen molar-refractivity contribution < 1.29 is 9.18 Å². The molecule has 0 aliphatic carbocycles. The van der Waals surface area contributed by atoms with Gasteiger partial charge in [0.1, 0.15) is 11.5 Å². The lowest BCUT2D eigenvalue weighted by Gasteiger charge is -2.04. The van der Waals surface area contributed by atoms with E-state index in [0.29, 0.717) is 11.3 Å². The third-order valence-corrected chi connectivity index (χ3v) is 4.84. The molecule has 0 aliphatic rings. The Bertz CT molecular complexity index is 1160. The number of hydrogen-bond donors (Lipinski definition) is 2. The van der Waals surface area contributed by atoms with Crippen molar-refractivity contribution in [2.75, 3.05) is 0 Å². The van der Waals surface area contributed by atoms with E-state index >= 15 is 0 Å². The number of amides is 1. The Morgan fingerprint density at radius 2 is 1.71 bits per heavy atom. The predicted octanol–water partition coefficient (Wildman–Crippen LogP) is 5.50. The summed E-state index contributed by atoms with van der Waals surface area (Å²) in [5.41, 5.74) is 6.08. The molecule has 4 aromatic rings. The van der Waals surface area contributed by atoms with Gasteiger partial charge in [-0.1, -0.05) is 58.4 Å². The Hall–Kier alpha value is -3.25. The molecule has 1 heterocycles. The Morgan fingerprint density at radius 3 is 2.46 bits per heavy atom. The summed E-state index contributed by atoms with van der Waals surface area (Å²) in [5.74, 6) is -0.697. The third kappa shape index (κ3) is 3.73. The summed E-state index contributed by atoms with van der Waals surface area (Å²) < 4.78 is 14.3. The van der Waals surface area contributed by atoms with E-state index in [2.05, 4.69) is 31.4 Å². The largest absolute Gasteiger partial charge is 0.350 e. The molecule has 0 radical (unpaired) electrons. The average Bonchev–Trinajstić information content (AvgIpc) is 3.10. The second-order valence-corrected chi connectivity index (χ2v) is 7.09. The molecule has 0 unspecified atom stereocenters. The predicted molar refractivity (Wildman–Crippen MR) is 113 cm³/mol. The maximum absolute atomic E-state index is 13.3. The molecule has 6 heteroatoms. The van der Waals surface area contributed by atoms with E-state index in [1.165, 1.54) is 12.1 Å². The summed E-state index contributed by atoms with van der Waals surface area (Å²) in [6.07, 6.45) is 1.57. The molecule has 0 fully saturated rings. The number of rotatable bonds is 4. The molecule has 4 nitrogen and oxygen atoms in total. The number of hydrazone groups is 1. The van der Waals surface area contributed by atoms with Gasteiger partial charge in [0.05, 0.1) is 6.21 Å². The highest BCUT2D eigenvalue weighted by molar-refractivity contribution is 9.10. The van der Waals surface area contributed by atoms with E-state index < -0.39 is 0 Å².